The van der Waals surface area contributed by atoms with Gasteiger partial charge >= 0.3 is 5.97 Å². The Kier molecular flexibility index (Phi) is 2.40. The normalized spacial score (nSPS) is 10.5. The van der Waals surface area contributed by atoms with E-state index in [-0.39, 0.29) is 5.56 Å². The Morgan fingerprint density at radius 3 is 2.87 bits per heavy atom. The van der Waals surface area contributed by atoms with Gasteiger partial charge in [0.05, 0.1) is 23.6 Å². The summed E-state index contributed by atoms with van der Waals surface area (Å²) in [5.41, 5.74) is 0.952. The fourth-order valence-electron chi connectivity index (χ4n) is 1.53. The van der Waals surface area contributed by atoms with Crippen LogP contribution in [0.15, 0.2) is 22.8 Å². The fraction of sp³-hybridized carbons (Fsp3) is 0.100. The molecule has 2 rings (SSSR count). The number of aromatic nitrogens is 1. The predicted octanol–water partition coefficient (Wildman–Crippen LogP) is 2.64. The highest BCUT2D eigenvalue weighted by atomic mass is 79.9. The summed E-state index contributed by atoms with van der Waals surface area (Å²) >= 11 is 3.32. The van der Waals surface area contributed by atoms with E-state index in [1.807, 2.05) is 6.07 Å². The van der Waals surface area contributed by atoms with Crippen LogP contribution in [0.2, 0.25) is 0 Å². The number of nitrogens with one attached hydrogen (secondary N) is 1. The van der Waals surface area contributed by atoms with E-state index in [0.717, 1.165) is 9.99 Å². The van der Waals surface area contributed by atoms with Crippen LogP contribution in [0.3, 0.4) is 0 Å². The molecule has 0 amide bonds. The number of carboxylic acids is 1. The minimum absolute atomic E-state index is 0.217. The van der Waals surface area contributed by atoms with Crippen molar-refractivity contribution in [3.8, 4) is 5.75 Å². The molecule has 0 atom stereocenters. The lowest BCUT2D eigenvalue weighted by Gasteiger charge is -2.03. The van der Waals surface area contributed by atoms with Gasteiger partial charge in [0, 0.05) is 10.7 Å². The van der Waals surface area contributed by atoms with Gasteiger partial charge in [0.15, 0.2) is 0 Å². The lowest BCUT2D eigenvalue weighted by molar-refractivity contribution is 0.0699. The lowest BCUT2D eigenvalue weighted by Crippen LogP contribution is -1.95. The summed E-state index contributed by atoms with van der Waals surface area (Å²) in [5, 5.41) is 9.56. The van der Waals surface area contributed by atoms with Gasteiger partial charge < -0.3 is 14.8 Å². The summed E-state index contributed by atoms with van der Waals surface area (Å²) in [7, 11) is 1.51. The molecule has 1 heterocycles. The summed E-state index contributed by atoms with van der Waals surface area (Å²) < 4.78 is 5.98. The molecule has 0 unspecified atom stereocenters. The number of aromatic amines is 1. The third-order valence-electron chi connectivity index (χ3n) is 2.16. The van der Waals surface area contributed by atoms with E-state index >= 15 is 0 Å². The molecule has 78 valence electrons. The number of hydrogen-bond donors (Lipinski definition) is 2. The third kappa shape index (κ3) is 1.59. The van der Waals surface area contributed by atoms with Crippen molar-refractivity contribution in [2.24, 2.45) is 0 Å². The minimum atomic E-state index is -0.970. The van der Waals surface area contributed by atoms with Gasteiger partial charge in [-0.25, -0.2) is 4.79 Å². The number of fused-ring (bicyclic) bond motifs is 1. The number of halogens is 1. The smallest absolute Gasteiger partial charge is 0.338 e. The van der Waals surface area contributed by atoms with E-state index in [1.54, 1.807) is 6.07 Å². The van der Waals surface area contributed by atoms with Crippen molar-refractivity contribution in [1.29, 1.82) is 0 Å². The monoisotopic (exact) mass is 269 g/mol. The van der Waals surface area contributed by atoms with E-state index in [9.17, 15) is 4.79 Å². The van der Waals surface area contributed by atoms with Crippen molar-refractivity contribution < 1.29 is 14.6 Å². The van der Waals surface area contributed by atoms with Crippen molar-refractivity contribution in [3.05, 3.63) is 28.4 Å². The molecule has 0 aliphatic heterocycles. The summed E-state index contributed by atoms with van der Waals surface area (Å²) in [6.45, 7) is 0. The number of benzene rings is 1. The first kappa shape index (κ1) is 10.0. The molecular weight excluding hydrogens is 262 g/mol. The van der Waals surface area contributed by atoms with Crippen molar-refractivity contribution in [2.75, 3.05) is 7.11 Å². The standard InChI is InChI=1S/C10H8BrNO3/c1-15-8-3-5(11)2-7-9(8)6(4-12-7)10(13)14/h2-4,12H,1H3,(H,13,14). The molecule has 2 N–H and O–H groups in total. The van der Waals surface area contributed by atoms with Gasteiger partial charge in [0.2, 0.25) is 0 Å². The van der Waals surface area contributed by atoms with Crippen LogP contribution >= 0.6 is 15.9 Å². The molecule has 1 aromatic carbocycles. The number of carbonyl (C=O) groups is 1. The van der Waals surface area contributed by atoms with Crippen molar-refractivity contribution in [3.63, 3.8) is 0 Å². The first-order valence-electron chi connectivity index (χ1n) is 4.21. The largest absolute Gasteiger partial charge is 0.496 e. The highest BCUT2D eigenvalue weighted by Gasteiger charge is 2.15. The molecule has 0 spiro atoms. The van der Waals surface area contributed by atoms with Crippen LogP contribution in [0, 0.1) is 0 Å². The number of H-pyrrole nitrogens is 1. The molecule has 0 radical (unpaired) electrons. The van der Waals surface area contributed by atoms with Gasteiger partial charge in [-0.1, -0.05) is 15.9 Å². The Labute approximate surface area is 94.0 Å². The Bertz CT molecular complexity index is 533. The van der Waals surface area contributed by atoms with E-state index < -0.39 is 5.97 Å². The molecule has 0 aliphatic carbocycles. The molecule has 0 aliphatic rings. The minimum Gasteiger partial charge on any atom is -0.496 e. The van der Waals surface area contributed by atoms with E-state index in [2.05, 4.69) is 20.9 Å². The van der Waals surface area contributed by atoms with Crippen LogP contribution in [0.25, 0.3) is 10.9 Å². The molecule has 0 saturated carbocycles. The number of rotatable bonds is 2. The lowest BCUT2D eigenvalue weighted by atomic mass is 10.1. The molecule has 1 aromatic heterocycles. The number of carboxylic acid groups (broad SMARTS) is 1. The predicted molar refractivity (Wildman–Crippen MR) is 59.5 cm³/mol. The number of ether oxygens (including phenoxy) is 1. The SMILES string of the molecule is COc1cc(Br)cc2[nH]cc(C(=O)O)c12. The second-order valence-corrected chi connectivity index (χ2v) is 3.95. The second-order valence-electron chi connectivity index (χ2n) is 3.04. The molecule has 2 aromatic rings. The average Bonchev–Trinajstić information content (AvgIpc) is 2.59. The number of aromatic carboxylic acids is 1. The van der Waals surface area contributed by atoms with E-state index in [1.165, 1.54) is 13.3 Å². The zero-order valence-electron chi connectivity index (χ0n) is 7.87. The highest BCUT2D eigenvalue weighted by molar-refractivity contribution is 9.10. The molecule has 0 fully saturated rings. The van der Waals surface area contributed by atoms with E-state index in [4.69, 9.17) is 9.84 Å². The third-order valence-corrected chi connectivity index (χ3v) is 2.62. The van der Waals surface area contributed by atoms with Gasteiger partial charge in [-0.3, -0.25) is 0 Å². The van der Waals surface area contributed by atoms with Crippen molar-refractivity contribution >= 4 is 32.8 Å². The maximum atomic E-state index is 10.9. The second kappa shape index (κ2) is 3.58. The maximum Gasteiger partial charge on any atom is 0.338 e. The fourth-order valence-corrected chi connectivity index (χ4v) is 1.96. The molecule has 4 nitrogen and oxygen atoms in total. The van der Waals surface area contributed by atoms with Crippen LogP contribution < -0.4 is 4.74 Å². The first-order chi connectivity index (χ1) is 7.13. The zero-order valence-corrected chi connectivity index (χ0v) is 9.46. The molecule has 15 heavy (non-hydrogen) atoms. The quantitative estimate of drug-likeness (QED) is 0.881. The first-order valence-corrected chi connectivity index (χ1v) is 5.00. The van der Waals surface area contributed by atoms with Gasteiger partial charge in [-0.15, -0.1) is 0 Å². The molecule has 5 heteroatoms. The molecule has 0 saturated heterocycles. The van der Waals surface area contributed by atoms with Crippen LogP contribution in [0.5, 0.6) is 5.75 Å². The van der Waals surface area contributed by atoms with Crippen molar-refractivity contribution in [2.45, 2.75) is 0 Å². The maximum absolute atomic E-state index is 10.9. The Hall–Kier alpha value is -1.49. The molecule has 0 bridgehead atoms. The Balaban J connectivity index is 2.83. The van der Waals surface area contributed by atoms with Gasteiger partial charge in [0.1, 0.15) is 5.75 Å². The van der Waals surface area contributed by atoms with Crippen LogP contribution in [0.1, 0.15) is 10.4 Å². The number of hydrogen-bond acceptors (Lipinski definition) is 2. The van der Waals surface area contributed by atoms with E-state index in [0.29, 0.717) is 11.1 Å². The summed E-state index contributed by atoms with van der Waals surface area (Å²) in [4.78, 5) is 13.8. The number of methoxy groups -OCH3 is 1. The summed E-state index contributed by atoms with van der Waals surface area (Å²) in [6, 6.07) is 3.55. The van der Waals surface area contributed by atoms with Crippen LogP contribution in [-0.4, -0.2) is 23.2 Å². The van der Waals surface area contributed by atoms with Crippen LogP contribution in [-0.2, 0) is 0 Å². The Morgan fingerprint density at radius 1 is 1.53 bits per heavy atom. The summed E-state index contributed by atoms with van der Waals surface area (Å²) in [5.74, 6) is -0.431. The van der Waals surface area contributed by atoms with Crippen molar-refractivity contribution in [1.82, 2.24) is 4.98 Å². The topological polar surface area (TPSA) is 62.3 Å². The average molecular weight is 270 g/mol. The van der Waals surface area contributed by atoms with Crippen LogP contribution in [0.4, 0.5) is 0 Å². The highest BCUT2D eigenvalue weighted by Crippen LogP contribution is 2.32. The van der Waals surface area contributed by atoms with Gasteiger partial charge in [-0.2, -0.15) is 0 Å². The molecular formula is C10H8BrNO3. The Morgan fingerprint density at radius 2 is 2.27 bits per heavy atom. The van der Waals surface area contributed by atoms with Gasteiger partial charge in [0.25, 0.3) is 0 Å². The summed E-state index contributed by atoms with van der Waals surface area (Å²) in [6.07, 6.45) is 1.46. The zero-order chi connectivity index (χ0) is 11.0. The van der Waals surface area contributed by atoms with Gasteiger partial charge in [-0.05, 0) is 12.1 Å².